The third-order valence-corrected chi connectivity index (χ3v) is 3.66. The number of aromatic nitrogens is 2. The van der Waals surface area contributed by atoms with Crippen molar-refractivity contribution in [1.29, 1.82) is 0 Å². The summed E-state index contributed by atoms with van der Waals surface area (Å²) in [5.41, 5.74) is 0.879. The minimum Gasteiger partial charge on any atom is -0.406 e. The van der Waals surface area contributed by atoms with E-state index in [1.165, 1.54) is 18.2 Å². The number of alkyl halides is 3. The number of halogens is 4. The second kappa shape index (κ2) is 6.64. The second-order valence-electron chi connectivity index (χ2n) is 5.15. The number of rotatable bonds is 4. The molecule has 0 unspecified atom stereocenters. The molecule has 1 heterocycles. The predicted molar refractivity (Wildman–Crippen MR) is 87.8 cm³/mol. The number of nitrogens with zero attached hydrogens (tertiary/aromatic N) is 1. The van der Waals surface area contributed by atoms with Gasteiger partial charge in [-0.25, -0.2) is 5.10 Å². The van der Waals surface area contributed by atoms with Crippen LogP contribution in [0.1, 0.15) is 5.56 Å². The summed E-state index contributed by atoms with van der Waals surface area (Å²) in [4.78, 5) is 11.7. The standard InChI is InChI=1S/C16H11ClF3N3O2/c17-14-13-7-10(4-5-12(13)15(24)23-22-14)21-8-9-2-1-3-11(6-9)25-16(18,19)20/h1-7,21H,8H2,(H,23,24). The van der Waals surface area contributed by atoms with Crippen LogP contribution in [-0.2, 0) is 6.54 Å². The molecule has 0 radical (unpaired) electrons. The van der Waals surface area contributed by atoms with Gasteiger partial charge in [-0.05, 0) is 35.9 Å². The van der Waals surface area contributed by atoms with Gasteiger partial charge in [0.25, 0.3) is 5.56 Å². The van der Waals surface area contributed by atoms with Crippen LogP contribution < -0.4 is 15.6 Å². The zero-order valence-electron chi connectivity index (χ0n) is 12.5. The van der Waals surface area contributed by atoms with E-state index in [4.69, 9.17) is 11.6 Å². The maximum Gasteiger partial charge on any atom is 0.573 e. The minimum atomic E-state index is -4.73. The molecule has 2 aromatic carbocycles. The molecule has 3 aromatic rings. The minimum absolute atomic E-state index is 0.152. The van der Waals surface area contributed by atoms with Gasteiger partial charge in [-0.2, -0.15) is 5.10 Å². The van der Waals surface area contributed by atoms with Crippen LogP contribution in [0, 0.1) is 0 Å². The zero-order valence-corrected chi connectivity index (χ0v) is 13.3. The van der Waals surface area contributed by atoms with Crippen LogP contribution in [0.15, 0.2) is 47.3 Å². The Morgan fingerprint density at radius 1 is 1.16 bits per heavy atom. The molecule has 0 fully saturated rings. The number of fused-ring (bicyclic) bond motifs is 1. The van der Waals surface area contributed by atoms with Gasteiger partial charge in [0, 0.05) is 17.6 Å². The van der Waals surface area contributed by atoms with Crippen molar-refractivity contribution in [3.63, 3.8) is 0 Å². The maximum atomic E-state index is 12.3. The van der Waals surface area contributed by atoms with Gasteiger partial charge in [-0.1, -0.05) is 23.7 Å². The zero-order chi connectivity index (χ0) is 18.0. The highest BCUT2D eigenvalue weighted by atomic mass is 35.5. The fraction of sp³-hybridized carbons (Fsp3) is 0.125. The number of H-pyrrole nitrogens is 1. The topological polar surface area (TPSA) is 67.0 Å². The van der Waals surface area contributed by atoms with Crippen molar-refractivity contribution >= 4 is 28.1 Å². The fourth-order valence-corrected chi connectivity index (χ4v) is 2.50. The summed E-state index contributed by atoms with van der Waals surface area (Å²) in [7, 11) is 0. The van der Waals surface area contributed by atoms with Gasteiger partial charge in [-0.15, -0.1) is 13.2 Å². The van der Waals surface area contributed by atoms with Crippen molar-refractivity contribution < 1.29 is 17.9 Å². The normalized spacial score (nSPS) is 11.5. The highest BCUT2D eigenvalue weighted by molar-refractivity contribution is 6.34. The average molecular weight is 370 g/mol. The number of nitrogens with one attached hydrogen (secondary N) is 2. The Labute approximate surface area is 144 Å². The summed E-state index contributed by atoms with van der Waals surface area (Å²) in [5.74, 6) is -0.288. The van der Waals surface area contributed by atoms with Gasteiger partial charge in [0.15, 0.2) is 5.15 Å². The molecular formula is C16H11ClF3N3O2. The van der Waals surface area contributed by atoms with Crippen LogP contribution in [0.3, 0.4) is 0 Å². The first-order valence-corrected chi connectivity index (χ1v) is 7.46. The van der Waals surface area contributed by atoms with Gasteiger partial charge >= 0.3 is 6.36 Å². The highest BCUT2D eigenvalue weighted by Gasteiger charge is 2.31. The summed E-state index contributed by atoms with van der Waals surface area (Å²) in [5, 5.41) is 10.0. The van der Waals surface area contributed by atoms with Crippen LogP contribution >= 0.6 is 11.6 Å². The molecule has 0 saturated carbocycles. The Hall–Kier alpha value is -2.74. The van der Waals surface area contributed by atoms with E-state index in [9.17, 15) is 18.0 Å². The van der Waals surface area contributed by atoms with Gasteiger partial charge in [0.1, 0.15) is 5.75 Å². The van der Waals surface area contributed by atoms with E-state index < -0.39 is 6.36 Å². The third kappa shape index (κ3) is 4.21. The summed E-state index contributed by atoms with van der Waals surface area (Å²) >= 11 is 5.97. The Balaban J connectivity index is 1.78. The first kappa shape index (κ1) is 17.1. The van der Waals surface area contributed by atoms with Crippen molar-refractivity contribution in [2.24, 2.45) is 0 Å². The fourth-order valence-electron chi connectivity index (χ4n) is 2.30. The predicted octanol–water partition coefficient (Wildman–Crippen LogP) is 4.09. The molecule has 0 aliphatic heterocycles. The van der Waals surface area contributed by atoms with Gasteiger partial charge in [0.05, 0.1) is 5.39 Å². The number of hydrogen-bond donors (Lipinski definition) is 2. The van der Waals surface area contributed by atoms with Crippen molar-refractivity contribution in [2.75, 3.05) is 5.32 Å². The van der Waals surface area contributed by atoms with Crippen molar-refractivity contribution in [3.8, 4) is 5.75 Å². The largest absolute Gasteiger partial charge is 0.573 e. The molecule has 0 atom stereocenters. The van der Waals surface area contributed by atoms with Crippen molar-refractivity contribution in [2.45, 2.75) is 12.9 Å². The van der Waals surface area contributed by atoms with E-state index in [1.807, 2.05) is 0 Å². The maximum absolute atomic E-state index is 12.3. The molecule has 0 aliphatic carbocycles. The Bertz CT molecular complexity index is 973. The lowest BCUT2D eigenvalue weighted by Crippen LogP contribution is -2.17. The number of aromatic amines is 1. The van der Waals surface area contributed by atoms with Crippen LogP contribution in [0.2, 0.25) is 5.15 Å². The quantitative estimate of drug-likeness (QED) is 0.727. The van der Waals surface area contributed by atoms with Gasteiger partial charge in [-0.3, -0.25) is 4.79 Å². The Morgan fingerprint density at radius 2 is 1.96 bits per heavy atom. The third-order valence-electron chi connectivity index (χ3n) is 3.37. The van der Waals surface area contributed by atoms with Crippen LogP contribution in [0.4, 0.5) is 18.9 Å². The average Bonchev–Trinajstić information content (AvgIpc) is 2.55. The van der Waals surface area contributed by atoms with Crippen LogP contribution in [0.25, 0.3) is 10.8 Å². The molecule has 0 amide bonds. The number of hydrogen-bond acceptors (Lipinski definition) is 4. The monoisotopic (exact) mass is 369 g/mol. The lowest BCUT2D eigenvalue weighted by molar-refractivity contribution is -0.274. The Morgan fingerprint density at radius 3 is 2.72 bits per heavy atom. The van der Waals surface area contributed by atoms with E-state index in [-0.39, 0.29) is 23.0 Å². The number of anilines is 1. The molecule has 2 N–H and O–H groups in total. The summed E-state index contributed by atoms with van der Waals surface area (Å²) < 4.78 is 40.7. The van der Waals surface area contributed by atoms with E-state index in [1.54, 1.807) is 24.3 Å². The molecule has 130 valence electrons. The lowest BCUT2D eigenvalue weighted by Gasteiger charge is -2.11. The Kier molecular flexibility index (Phi) is 4.54. The second-order valence-corrected chi connectivity index (χ2v) is 5.51. The van der Waals surface area contributed by atoms with E-state index in [0.717, 1.165) is 0 Å². The molecule has 1 aromatic heterocycles. The molecule has 25 heavy (non-hydrogen) atoms. The number of ether oxygens (including phenoxy) is 1. The number of benzene rings is 2. The summed E-state index contributed by atoms with van der Waals surface area (Å²) in [6, 6.07) is 10.6. The molecule has 0 aliphatic rings. The molecule has 3 rings (SSSR count). The summed E-state index contributed by atoms with van der Waals surface area (Å²) in [6.45, 7) is 0.259. The molecule has 0 bridgehead atoms. The van der Waals surface area contributed by atoms with Crippen LogP contribution in [0.5, 0.6) is 5.75 Å². The van der Waals surface area contributed by atoms with Crippen LogP contribution in [-0.4, -0.2) is 16.6 Å². The molecule has 9 heteroatoms. The van der Waals surface area contributed by atoms with E-state index in [0.29, 0.717) is 22.0 Å². The summed E-state index contributed by atoms with van der Waals surface area (Å²) in [6.07, 6.45) is -4.73. The van der Waals surface area contributed by atoms with Gasteiger partial charge in [0.2, 0.25) is 0 Å². The van der Waals surface area contributed by atoms with E-state index in [2.05, 4.69) is 20.3 Å². The lowest BCUT2D eigenvalue weighted by atomic mass is 10.1. The first-order chi connectivity index (χ1) is 11.8. The molecular weight excluding hydrogens is 359 g/mol. The molecule has 5 nitrogen and oxygen atoms in total. The van der Waals surface area contributed by atoms with Gasteiger partial charge < -0.3 is 10.1 Å². The molecule has 0 saturated heterocycles. The SMILES string of the molecule is O=c1[nH]nc(Cl)c2cc(NCc3cccc(OC(F)(F)F)c3)ccc12. The van der Waals surface area contributed by atoms with Crippen molar-refractivity contribution in [1.82, 2.24) is 10.2 Å². The smallest absolute Gasteiger partial charge is 0.406 e. The van der Waals surface area contributed by atoms with E-state index >= 15 is 0 Å². The highest BCUT2D eigenvalue weighted by Crippen LogP contribution is 2.25. The molecule has 0 spiro atoms. The first-order valence-electron chi connectivity index (χ1n) is 7.08. The van der Waals surface area contributed by atoms with Crippen molar-refractivity contribution in [3.05, 3.63) is 63.5 Å².